The lowest BCUT2D eigenvalue weighted by Crippen LogP contribution is -2.31. The summed E-state index contributed by atoms with van der Waals surface area (Å²) >= 11 is 0. The van der Waals surface area contributed by atoms with Crippen molar-refractivity contribution in [3.63, 3.8) is 0 Å². The second-order valence-electron chi connectivity index (χ2n) is 8.33. The van der Waals surface area contributed by atoms with Crippen LogP contribution in [0.15, 0.2) is 41.2 Å². The van der Waals surface area contributed by atoms with Gasteiger partial charge in [-0.05, 0) is 56.1 Å². The van der Waals surface area contributed by atoms with Gasteiger partial charge in [-0.1, -0.05) is 29.4 Å². The fourth-order valence-electron chi connectivity index (χ4n) is 4.34. The minimum Gasteiger partial charge on any atom is -0.368 e. The molecule has 5 rings (SSSR count). The summed E-state index contributed by atoms with van der Waals surface area (Å²) in [4.78, 5) is 15.2. The number of aromatic nitrogens is 4. The maximum Gasteiger partial charge on any atom is 0.324 e. The molecule has 0 radical (unpaired) electrons. The summed E-state index contributed by atoms with van der Waals surface area (Å²) in [5.41, 5.74) is 8.58. The Hall–Kier alpha value is -2.96. The summed E-state index contributed by atoms with van der Waals surface area (Å²) in [5, 5.41) is 4.43. The number of nitrogens with zero attached hydrogens (tertiary/aromatic N) is 5. The van der Waals surface area contributed by atoms with Crippen molar-refractivity contribution < 1.29 is 4.52 Å². The van der Waals surface area contributed by atoms with Gasteiger partial charge in [0.15, 0.2) is 5.82 Å². The highest BCUT2D eigenvalue weighted by Gasteiger charge is 2.47. The van der Waals surface area contributed by atoms with Gasteiger partial charge in [-0.3, -0.25) is 0 Å². The van der Waals surface area contributed by atoms with Crippen molar-refractivity contribution in [2.45, 2.75) is 44.4 Å². The van der Waals surface area contributed by atoms with Crippen LogP contribution in [-0.4, -0.2) is 33.2 Å². The molecule has 1 aliphatic carbocycles. The molecule has 3 heterocycles. The van der Waals surface area contributed by atoms with Gasteiger partial charge in [0.05, 0.1) is 5.41 Å². The minimum absolute atomic E-state index is 0.242. The zero-order chi connectivity index (χ0) is 19.8. The van der Waals surface area contributed by atoms with Gasteiger partial charge in [-0.25, -0.2) is 9.97 Å². The molecule has 2 fully saturated rings. The van der Waals surface area contributed by atoms with Crippen LogP contribution in [0.4, 0.5) is 12.0 Å². The monoisotopic (exact) mass is 390 g/mol. The van der Waals surface area contributed by atoms with E-state index in [-0.39, 0.29) is 11.4 Å². The third-order valence-electron chi connectivity index (χ3n) is 6.39. The molecule has 0 spiro atoms. The number of piperidine rings is 1. The molecule has 1 saturated heterocycles. The minimum atomic E-state index is -0.242. The van der Waals surface area contributed by atoms with Gasteiger partial charge in [0, 0.05) is 31.0 Å². The number of nitrogen functional groups attached to an aromatic ring is 1. The average molecular weight is 390 g/mol. The van der Waals surface area contributed by atoms with E-state index in [9.17, 15) is 0 Å². The predicted molar refractivity (Wildman–Crippen MR) is 111 cm³/mol. The maximum atomic E-state index is 5.69. The molecular formula is C22H26N6O. The highest BCUT2D eigenvalue weighted by Crippen LogP contribution is 2.50. The Labute approximate surface area is 170 Å². The van der Waals surface area contributed by atoms with E-state index >= 15 is 0 Å². The summed E-state index contributed by atoms with van der Waals surface area (Å²) in [6, 6.07) is 9.22. The number of benzene rings is 1. The van der Waals surface area contributed by atoms with Crippen molar-refractivity contribution in [3.05, 3.63) is 48.0 Å². The summed E-state index contributed by atoms with van der Waals surface area (Å²) in [6.07, 6.45) is 9.54. The molecule has 2 aromatic heterocycles. The lowest BCUT2D eigenvalue weighted by molar-refractivity contribution is 0.373. The molecule has 2 N–H and O–H groups in total. The molecule has 1 aliphatic heterocycles. The Bertz CT molecular complexity index is 973. The van der Waals surface area contributed by atoms with Crippen LogP contribution in [0.3, 0.4) is 0 Å². The van der Waals surface area contributed by atoms with Crippen molar-refractivity contribution >= 4 is 12.0 Å². The molecule has 3 aromatic rings. The molecule has 2 aliphatic rings. The summed E-state index contributed by atoms with van der Waals surface area (Å²) in [5.74, 6) is 1.62. The highest BCUT2D eigenvalue weighted by atomic mass is 16.5. The average Bonchev–Trinajstić information content (AvgIpc) is 3.51. The quantitative estimate of drug-likeness (QED) is 0.708. The van der Waals surface area contributed by atoms with Gasteiger partial charge in [0.2, 0.25) is 5.95 Å². The van der Waals surface area contributed by atoms with Gasteiger partial charge in [0.25, 0.3) is 0 Å². The first kappa shape index (κ1) is 18.1. The summed E-state index contributed by atoms with van der Waals surface area (Å²) < 4.78 is 5.69. The van der Waals surface area contributed by atoms with Crippen LogP contribution in [-0.2, 0) is 5.41 Å². The normalized spacial score (nSPS) is 19.1. The van der Waals surface area contributed by atoms with Crippen LogP contribution in [0.25, 0.3) is 11.1 Å². The van der Waals surface area contributed by atoms with E-state index in [1.165, 1.54) is 37.7 Å². The summed E-state index contributed by atoms with van der Waals surface area (Å²) in [6.45, 7) is 4.25. The van der Waals surface area contributed by atoms with E-state index < -0.39 is 0 Å². The topological polar surface area (TPSA) is 94.0 Å². The van der Waals surface area contributed by atoms with Crippen LogP contribution >= 0.6 is 0 Å². The van der Waals surface area contributed by atoms with E-state index in [1.807, 2.05) is 0 Å². The van der Waals surface area contributed by atoms with E-state index in [4.69, 9.17) is 15.2 Å². The van der Waals surface area contributed by atoms with Gasteiger partial charge in [-0.15, -0.1) is 0 Å². The van der Waals surface area contributed by atoms with Crippen molar-refractivity contribution in [2.75, 3.05) is 23.7 Å². The molecule has 1 aromatic carbocycles. The Kier molecular flexibility index (Phi) is 4.45. The van der Waals surface area contributed by atoms with Crippen LogP contribution in [0, 0.1) is 5.92 Å². The SMILES string of the molecule is CC(c1ccc(-c2cnc(N)nc2)cc1)(c1noc(N2CCCCC2)n1)C1CC1. The molecule has 7 heteroatoms. The Balaban J connectivity index is 1.45. The second-order valence-corrected chi connectivity index (χ2v) is 8.33. The lowest BCUT2D eigenvalue weighted by atomic mass is 9.77. The molecule has 7 nitrogen and oxygen atoms in total. The third kappa shape index (κ3) is 3.34. The largest absolute Gasteiger partial charge is 0.368 e. The van der Waals surface area contributed by atoms with Gasteiger partial charge in [-0.2, -0.15) is 4.98 Å². The smallest absolute Gasteiger partial charge is 0.324 e. The third-order valence-corrected chi connectivity index (χ3v) is 6.39. The first-order valence-corrected chi connectivity index (χ1v) is 10.4. The van der Waals surface area contributed by atoms with E-state index in [1.54, 1.807) is 12.4 Å². The molecular weight excluding hydrogens is 364 g/mol. The highest BCUT2D eigenvalue weighted by molar-refractivity contribution is 5.62. The standard InChI is InChI=1S/C22H26N6O/c1-22(18-9-10-18,19-26-21(29-27-19)28-11-3-2-4-12-28)17-7-5-15(6-8-17)16-13-24-20(23)25-14-16/h5-8,13-14,18H,2-4,9-12H2,1H3,(H2,23,24,25). The lowest BCUT2D eigenvalue weighted by Gasteiger charge is -2.27. The summed E-state index contributed by atoms with van der Waals surface area (Å²) in [7, 11) is 0. The fraction of sp³-hybridized carbons (Fsp3) is 0.455. The zero-order valence-electron chi connectivity index (χ0n) is 16.7. The zero-order valence-corrected chi connectivity index (χ0v) is 16.7. The van der Waals surface area contributed by atoms with Gasteiger partial charge >= 0.3 is 6.01 Å². The maximum absolute atomic E-state index is 5.69. The Morgan fingerprint density at radius 1 is 1.00 bits per heavy atom. The van der Waals surface area contributed by atoms with Crippen molar-refractivity contribution in [1.82, 2.24) is 20.1 Å². The van der Waals surface area contributed by atoms with E-state index in [0.717, 1.165) is 30.0 Å². The second kappa shape index (κ2) is 7.13. The van der Waals surface area contributed by atoms with E-state index in [0.29, 0.717) is 11.9 Å². The van der Waals surface area contributed by atoms with Crippen LogP contribution in [0.1, 0.15) is 50.4 Å². The number of anilines is 2. The van der Waals surface area contributed by atoms with Crippen LogP contribution in [0.2, 0.25) is 0 Å². The van der Waals surface area contributed by atoms with Crippen molar-refractivity contribution in [3.8, 4) is 11.1 Å². The van der Waals surface area contributed by atoms with E-state index in [2.05, 4.69) is 51.2 Å². The molecule has 29 heavy (non-hydrogen) atoms. The molecule has 1 saturated carbocycles. The van der Waals surface area contributed by atoms with Crippen LogP contribution < -0.4 is 10.6 Å². The number of hydrogen-bond acceptors (Lipinski definition) is 7. The number of hydrogen-bond donors (Lipinski definition) is 1. The Morgan fingerprint density at radius 3 is 2.34 bits per heavy atom. The van der Waals surface area contributed by atoms with Gasteiger partial charge in [0.1, 0.15) is 0 Å². The Morgan fingerprint density at radius 2 is 1.69 bits per heavy atom. The van der Waals surface area contributed by atoms with Crippen molar-refractivity contribution in [1.29, 1.82) is 0 Å². The molecule has 1 unspecified atom stereocenters. The first-order chi connectivity index (χ1) is 14.1. The number of rotatable bonds is 5. The number of nitrogens with two attached hydrogens (primary N) is 1. The van der Waals surface area contributed by atoms with Gasteiger partial charge < -0.3 is 15.2 Å². The van der Waals surface area contributed by atoms with Crippen molar-refractivity contribution in [2.24, 2.45) is 5.92 Å². The predicted octanol–water partition coefficient (Wildman–Crippen LogP) is 3.82. The molecule has 0 amide bonds. The van der Waals surface area contributed by atoms with Crippen LogP contribution in [0.5, 0.6) is 0 Å². The molecule has 1 atom stereocenters. The molecule has 0 bridgehead atoms. The first-order valence-electron chi connectivity index (χ1n) is 10.4. The molecule has 150 valence electrons. The fourth-order valence-corrected chi connectivity index (χ4v) is 4.34.